The van der Waals surface area contributed by atoms with Gasteiger partial charge in [0.25, 0.3) is 0 Å². The maximum atomic E-state index is 3.92. The molecular formula is C10H19BrSi. The van der Waals surface area contributed by atoms with Crippen LogP contribution in [0.4, 0.5) is 0 Å². The Hall–Kier alpha value is 0.177. The van der Waals surface area contributed by atoms with Gasteiger partial charge in [0.1, 0.15) is 6.69 Å². The van der Waals surface area contributed by atoms with E-state index in [2.05, 4.69) is 49.2 Å². The third kappa shape index (κ3) is 2.90. The summed E-state index contributed by atoms with van der Waals surface area (Å²) in [6, 6.07) is 2.23. The summed E-state index contributed by atoms with van der Waals surface area (Å²) in [6.07, 6.45) is 4.05. The van der Waals surface area contributed by atoms with Gasteiger partial charge in [-0.1, -0.05) is 32.9 Å². The van der Waals surface area contributed by atoms with Gasteiger partial charge in [0.05, 0.1) is 0 Å². The molecule has 12 heavy (non-hydrogen) atoms. The van der Waals surface area contributed by atoms with E-state index in [1.807, 2.05) is 12.2 Å². The maximum Gasteiger partial charge on any atom is 0.143 e. The molecule has 0 unspecified atom stereocenters. The van der Waals surface area contributed by atoms with Crippen LogP contribution in [0.25, 0.3) is 0 Å². The van der Waals surface area contributed by atoms with Gasteiger partial charge in [-0.25, -0.2) is 0 Å². The van der Waals surface area contributed by atoms with Crippen molar-refractivity contribution in [3.63, 3.8) is 0 Å². The van der Waals surface area contributed by atoms with Gasteiger partial charge in [-0.15, -0.1) is 28.5 Å². The summed E-state index contributed by atoms with van der Waals surface area (Å²) in [5, 5.41) is 0.370. The van der Waals surface area contributed by atoms with Crippen LogP contribution < -0.4 is 0 Å². The van der Waals surface area contributed by atoms with Crippen LogP contribution in [0.3, 0.4) is 0 Å². The van der Waals surface area contributed by atoms with Crippen LogP contribution in [0.2, 0.25) is 17.1 Å². The third-order valence-electron chi connectivity index (χ3n) is 2.28. The van der Waals surface area contributed by atoms with Gasteiger partial charge in [-0.2, -0.15) is 0 Å². The molecule has 2 heteroatoms. The Balaban J connectivity index is 4.59. The fraction of sp³-hybridized carbons (Fsp3) is 0.600. The van der Waals surface area contributed by atoms with Gasteiger partial charge < -0.3 is 0 Å². The van der Waals surface area contributed by atoms with E-state index < -0.39 is 6.69 Å². The summed E-state index contributed by atoms with van der Waals surface area (Å²) in [6.45, 7) is 13.1. The number of allylic oxidation sites excluding steroid dienone is 2. The van der Waals surface area contributed by atoms with Crippen LogP contribution in [0.1, 0.15) is 20.8 Å². The van der Waals surface area contributed by atoms with Crippen molar-refractivity contribution in [1.29, 1.82) is 0 Å². The van der Waals surface area contributed by atoms with E-state index in [1.165, 1.54) is 0 Å². The first-order chi connectivity index (χ1) is 5.37. The van der Waals surface area contributed by atoms with E-state index in [0.717, 1.165) is 12.1 Å². The molecule has 0 fully saturated rings. The predicted molar refractivity (Wildman–Crippen MR) is 64.4 cm³/mol. The molecular weight excluding hydrogens is 228 g/mol. The fourth-order valence-electron chi connectivity index (χ4n) is 1.15. The molecule has 70 valence electrons. The molecule has 0 aliphatic rings. The summed E-state index contributed by atoms with van der Waals surface area (Å²) in [5.74, 6) is 0. The lowest BCUT2D eigenvalue weighted by molar-refractivity contribution is 0.729. The molecule has 0 aliphatic heterocycles. The molecule has 0 spiro atoms. The second-order valence-electron chi connectivity index (χ2n) is 4.20. The molecule has 0 saturated heterocycles. The normalized spacial score (nSPS) is 12.7. The van der Waals surface area contributed by atoms with E-state index in [-0.39, 0.29) is 0 Å². The standard InChI is InChI=1S/C10H19BrSi/c1-6-8-12(11,9-7-2)10(3,4)5/h6-7H,1-2,8-9H2,3-5H3. The summed E-state index contributed by atoms with van der Waals surface area (Å²) in [7, 11) is 0. The number of rotatable bonds is 4. The maximum absolute atomic E-state index is 3.92. The molecule has 0 aromatic rings. The van der Waals surface area contributed by atoms with E-state index in [4.69, 9.17) is 0 Å². The van der Waals surface area contributed by atoms with Crippen molar-refractivity contribution in [2.24, 2.45) is 0 Å². The molecule has 0 aliphatic carbocycles. The SMILES string of the molecule is C=CC[Si](Br)(CC=C)C(C)(C)C. The van der Waals surface area contributed by atoms with Gasteiger partial charge in [0, 0.05) is 0 Å². The highest BCUT2D eigenvalue weighted by molar-refractivity contribution is 9.26. The van der Waals surface area contributed by atoms with Crippen molar-refractivity contribution in [3.05, 3.63) is 25.3 Å². The quantitative estimate of drug-likeness (QED) is 0.390. The molecule has 0 aromatic carbocycles. The zero-order valence-corrected chi connectivity index (χ0v) is 10.9. The Morgan fingerprint density at radius 2 is 1.50 bits per heavy atom. The van der Waals surface area contributed by atoms with E-state index in [9.17, 15) is 0 Å². The fourth-order valence-corrected chi connectivity index (χ4v) is 4.83. The third-order valence-corrected chi connectivity index (χ3v) is 12.4. The summed E-state index contributed by atoms with van der Waals surface area (Å²) in [5.41, 5.74) is 0. The number of hydrogen-bond acceptors (Lipinski definition) is 0. The van der Waals surface area contributed by atoms with Crippen molar-refractivity contribution in [2.45, 2.75) is 37.9 Å². The largest absolute Gasteiger partial charge is 0.143 e. The van der Waals surface area contributed by atoms with Gasteiger partial charge in [0.2, 0.25) is 0 Å². The van der Waals surface area contributed by atoms with Crippen molar-refractivity contribution < 1.29 is 0 Å². The molecule has 0 amide bonds. The Morgan fingerprint density at radius 1 is 1.17 bits per heavy atom. The van der Waals surface area contributed by atoms with Crippen LogP contribution in [0.5, 0.6) is 0 Å². The predicted octanol–water partition coefficient (Wildman–Crippen LogP) is 4.50. The first-order valence-corrected chi connectivity index (χ1v) is 8.95. The average Bonchev–Trinajstić information content (AvgIpc) is 1.86. The molecule has 0 saturated carbocycles. The van der Waals surface area contributed by atoms with Crippen molar-refractivity contribution in [1.82, 2.24) is 0 Å². The first kappa shape index (κ1) is 12.2. The highest BCUT2D eigenvalue weighted by Crippen LogP contribution is 2.46. The van der Waals surface area contributed by atoms with Crippen LogP contribution >= 0.6 is 15.3 Å². The molecule has 0 nitrogen and oxygen atoms in total. The van der Waals surface area contributed by atoms with Crippen molar-refractivity contribution in [3.8, 4) is 0 Å². The van der Waals surface area contributed by atoms with Gasteiger partial charge in [-0.3, -0.25) is 0 Å². The average molecular weight is 247 g/mol. The zero-order valence-electron chi connectivity index (χ0n) is 8.36. The van der Waals surface area contributed by atoms with E-state index >= 15 is 0 Å². The molecule has 0 radical (unpaired) electrons. The minimum atomic E-state index is -1.37. The molecule has 0 atom stereocenters. The molecule has 0 bridgehead atoms. The first-order valence-electron chi connectivity index (χ1n) is 4.28. The molecule has 0 aromatic heterocycles. The Morgan fingerprint density at radius 3 is 1.67 bits per heavy atom. The Labute approximate surface area is 85.3 Å². The Kier molecular flexibility index (Phi) is 4.49. The molecule has 0 heterocycles. The van der Waals surface area contributed by atoms with Gasteiger partial charge in [-0.05, 0) is 17.1 Å². The minimum absolute atomic E-state index is 0.370. The van der Waals surface area contributed by atoms with Gasteiger partial charge in [0.15, 0.2) is 0 Å². The highest BCUT2D eigenvalue weighted by Gasteiger charge is 2.39. The van der Waals surface area contributed by atoms with Crippen LogP contribution in [-0.2, 0) is 0 Å². The second kappa shape index (κ2) is 4.42. The van der Waals surface area contributed by atoms with Crippen LogP contribution in [0.15, 0.2) is 25.3 Å². The summed E-state index contributed by atoms with van der Waals surface area (Å²) >= 11 is 3.92. The van der Waals surface area contributed by atoms with Crippen LogP contribution in [0, 0.1) is 0 Å². The number of halogens is 1. The van der Waals surface area contributed by atoms with Crippen LogP contribution in [-0.4, -0.2) is 6.69 Å². The van der Waals surface area contributed by atoms with Crippen molar-refractivity contribution in [2.75, 3.05) is 0 Å². The zero-order chi connectivity index (χ0) is 9.83. The monoisotopic (exact) mass is 246 g/mol. The van der Waals surface area contributed by atoms with E-state index in [1.54, 1.807) is 0 Å². The minimum Gasteiger partial charge on any atom is -0.125 e. The van der Waals surface area contributed by atoms with Gasteiger partial charge >= 0.3 is 0 Å². The second-order valence-corrected chi connectivity index (χ2v) is 13.0. The number of hydrogen-bond donors (Lipinski definition) is 0. The Bertz CT molecular complexity index is 157. The van der Waals surface area contributed by atoms with Crippen molar-refractivity contribution >= 4 is 22.0 Å². The smallest absolute Gasteiger partial charge is 0.125 e. The molecule has 0 N–H and O–H groups in total. The topological polar surface area (TPSA) is 0 Å². The lowest BCUT2D eigenvalue weighted by Gasteiger charge is -2.36. The highest BCUT2D eigenvalue weighted by atomic mass is 79.9. The molecule has 0 rings (SSSR count). The summed E-state index contributed by atoms with van der Waals surface area (Å²) < 4.78 is 0. The lowest BCUT2D eigenvalue weighted by Crippen LogP contribution is -2.36. The lowest BCUT2D eigenvalue weighted by atomic mass is 10.2. The van der Waals surface area contributed by atoms with E-state index in [0.29, 0.717) is 5.04 Å². The summed E-state index contributed by atoms with van der Waals surface area (Å²) in [4.78, 5) is 0.